The van der Waals surface area contributed by atoms with Crippen molar-refractivity contribution in [1.29, 1.82) is 0 Å². The smallest absolute Gasteiger partial charge is 0.250 e. The molecule has 0 fully saturated rings. The van der Waals surface area contributed by atoms with E-state index in [1.54, 1.807) is 18.4 Å². The fourth-order valence-corrected chi connectivity index (χ4v) is 3.32. The lowest BCUT2D eigenvalue weighted by molar-refractivity contribution is -0.121. The van der Waals surface area contributed by atoms with E-state index < -0.39 is 0 Å². The van der Waals surface area contributed by atoms with E-state index in [0.717, 1.165) is 21.8 Å². The van der Waals surface area contributed by atoms with Crippen molar-refractivity contribution in [3.8, 4) is 21.8 Å². The third kappa shape index (κ3) is 5.61. The highest BCUT2D eigenvalue weighted by molar-refractivity contribution is 7.13. The Morgan fingerprint density at radius 2 is 1.78 bits per heavy atom. The summed E-state index contributed by atoms with van der Waals surface area (Å²) >= 11 is 7.51. The zero-order chi connectivity index (χ0) is 19.1. The third-order valence-electron chi connectivity index (χ3n) is 3.72. The van der Waals surface area contributed by atoms with Gasteiger partial charge >= 0.3 is 0 Å². The maximum Gasteiger partial charge on any atom is 0.250 e. The van der Waals surface area contributed by atoms with Crippen molar-refractivity contribution in [3.63, 3.8) is 0 Å². The van der Waals surface area contributed by atoms with Gasteiger partial charge in [-0.25, -0.2) is 4.98 Å². The van der Waals surface area contributed by atoms with Gasteiger partial charge in [0.25, 0.3) is 0 Å². The highest BCUT2D eigenvalue weighted by Crippen LogP contribution is 2.30. The van der Waals surface area contributed by atoms with E-state index in [-0.39, 0.29) is 12.5 Å². The molecular formula is C20H19ClN2O3S. The fraction of sp³-hybridized carbons (Fsp3) is 0.200. The van der Waals surface area contributed by atoms with Crippen LogP contribution in [-0.4, -0.2) is 37.8 Å². The molecule has 1 amide bonds. The number of carbonyl (C=O) groups excluding carboxylic acids is 1. The quantitative estimate of drug-likeness (QED) is 0.553. The van der Waals surface area contributed by atoms with Crippen molar-refractivity contribution in [2.75, 3.05) is 32.2 Å². The summed E-state index contributed by atoms with van der Waals surface area (Å²) in [6, 6.07) is 15.2. The van der Waals surface area contributed by atoms with Crippen LogP contribution in [0.3, 0.4) is 0 Å². The van der Waals surface area contributed by atoms with Crippen LogP contribution in [0.5, 0.6) is 0 Å². The summed E-state index contributed by atoms with van der Waals surface area (Å²) in [6.07, 6.45) is 0. The first-order chi connectivity index (χ1) is 13.2. The number of nitrogens with one attached hydrogen (secondary N) is 1. The number of aromatic nitrogens is 1. The second-order valence-electron chi connectivity index (χ2n) is 5.72. The molecule has 0 spiro atoms. The van der Waals surface area contributed by atoms with Crippen LogP contribution in [-0.2, 0) is 14.3 Å². The number of hydrogen-bond donors (Lipinski definition) is 1. The van der Waals surface area contributed by atoms with Crippen LogP contribution in [0.15, 0.2) is 53.9 Å². The molecule has 0 aliphatic carbocycles. The lowest BCUT2D eigenvalue weighted by Crippen LogP contribution is -2.19. The monoisotopic (exact) mass is 402 g/mol. The van der Waals surface area contributed by atoms with Gasteiger partial charge in [0, 0.05) is 34.3 Å². The summed E-state index contributed by atoms with van der Waals surface area (Å²) in [5, 5.41) is 6.46. The Hall–Kier alpha value is -2.25. The van der Waals surface area contributed by atoms with E-state index in [1.807, 2.05) is 53.9 Å². The Bertz CT molecular complexity index is 879. The molecular weight excluding hydrogens is 384 g/mol. The van der Waals surface area contributed by atoms with Crippen LogP contribution >= 0.6 is 22.9 Å². The van der Waals surface area contributed by atoms with Crippen molar-refractivity contribution in [2.45, 2.75) is 0 Å². The van der Waals surface area contributed by atoms with Gasteiger partial charge in [0.2, 0.25) is 5.91 Å². The number of carbonyl (C=O) groups is 1. The maximum atomic E-state index is 11.8. The number of halogens is 1. The van der Waals surface area contributed by atoms with Gasteiger partial charge in [-0.05, 0) is 24.3 Å². The molecule has 2 aromatic carbocycles. The number of rotatable bonds is 8. The minimum Gasteiger partial charge on any atom is -0.382 e. The first-order valence-electron chi connectivity index (χ1n) is 8.34. The molecule has 7 heteroatoms. The SMILES string of the molecule is COCCOCC(=O)Nc1ccc(-c2csc(-c3ccc(Cl)cc3)n2)cc1. The number of hydrogen-bond acceptors (Lipinski definition) is 5. The normalized spacial score (nSPS) is 10.7. The molecule has 27 heavy (non-hydrogen) atoms. The molecule has 3 aromatic rings. The molecule has 0 atom stereocenters. The van der Waals surface area contributed by atoms with Crippen molar-refractivity contribution in [3.05, 3.63) is 58.9 Å². The standard InChI is InChI=1S/C20H19ClN2O3S/c1-25-10-11-26-12-19(24)22-17-8-4-14(5-9-17)18-13-27-20(23-18)15-2-6-16(21)7-3-15/h2-9,13H,10-12H2,1H3,(H,22,24). The second kappa shape index (κ2) is 9.62. The number of methoxy groups -OCH3 is 1. The highest BCUT2D eigenvalue weighted by Gasteiger charge is 2.08. The van der Waals surface area contributed by atoms with E-state index >= 15 is 0 Å². The molecule has 1 N–H and O–H groups in total. The number of benzene rings is 2. The van der Waals surface area contributed by atoms with Crippen molar-refractivity contribution < 1.29 is 14.3 Å². The fourth-order valence-electron chi connectivity index (χ4n) is 2.36. The first kappa shape index (κ1) is 19.5. The summed E-state index contributed by atoms with van der Waals surface area (Å²) in [5.41, 5.74) is 3.63. The van der Waals surface area contributed by atoms with Crippen LogP contribution in [0.1, 0.15) is 0 Å². The molecule has 0 aliphatic rings. The first-order valence-corrected chi connectivity index (χ1v) is 9.60. The molecule has 0 unspecified atom stereocenters. The molecule has 0 saturated carbocycles. The van der Waals surface area contributed by atoms with Gasteiger partial charge in [0.05, 0.1) is 18.9 Å². The molecule has 0 radical (unpaired) electrons. The van der Waals surface area contributed by atoms with Gasteiger partial charge in [0.15, 0.2) is 0 Å². The Labute approximate surface area is 166 Å². The van der Waals surface area contributed by atoms with Crippen molar-refractivity contribution in [1.82, 2.24) is 4.98 Å². The van der Waals surface area contributed by atoms with Gasteiger partial charge in [-0.15, -0.1) is 11.3 Å². The predicted molar refractivity (Wildman–Crippen MR) is 109 cm³/mol. The van der Waals surface area contributed by atoms with E-state index in [0.29, 0.717) is 23.9 Å². The summed E-state index contributed by atoms with van der Waals surface area (Å²) in [4.78, 5) is 16.5. The molecule has 5 nitrogen and oxygen atoms in total. The Morgan fingerprint density at radius 3 is 2.48 bits per heavy atom. The number of amides is 1. The van der Waals surface area contributed by atoms with Gasteiger partial charge < -0.3 is 14.8 Å². The molecule has 1 aromatic heterocycles. The molecule has 0 saturated heterocycles. The predicted octanol–water partition coefficient (Wildman–Crippen LogP) is 4.73. The topological polar surface area (TPSA) is 60.5 Å². The number of ether oxygens (including phenoxy) is 2. The van der Waals surface area contributed by atoms with Crippen LogP contribution in [0.4, 0.5) is 5.69 Å². The molecule has 3 rings (SSSR count). The van der Waals surface area contributed by atoms with Gasteiger partial charge in [0.1, 0.15) is 11.6 Å². The van der Waals surface area contributed by atoms with Crippen molar-refractivity contribution in [2.24, 2.45) is 0 Å². The minimum absolute atomic E-state index is 0.00164. The number of thiazole rings is 1. The Balaban J connectivity index is 1.60. The average Bonchev–Trinajstić information content (AvgIpc) is 3.17. The van der Waals surface area contributed by atoms with Crippen LogP contribution in [0, 0.1) is 0 Å². The zero-order valence-corrected chi connectivity index (χ0v) is 16.3. The van der Waals surface area contributed by atoms with Gasteiger partial charge in [-0.3, -0.25) is 4.79 Å². The summed E-state index contributed by atoms with van der Waals surface area (Å²) in [5.74, 6) is -0.197. The van der Waals surface area contributed by atoms with Crippen LogP contribution in [0.2, 0.25) is 5.02 Å². The van der Waals surface area contributed by atoms with E-state index in [1.165, 1.54) is 0 Å². The van der Waals surface area contributed by atoms with E-state index in [9.17, 15) is 4.79 Å². The molecule has 140 valence electrons. The van der Waals surface area contributed by atoms with E-state index in [2.05, 4.69) is 10.3 Å². The number of anilines is 1. The largest absolute Gasteiger partial charge is 0.382 e. The van der Waals surface area contributed by atoms with Crippen molar-refractivity contribution >= 4 is 34.5 Å². The Morgan fingerprint density at radius 1 is 1.07 bits per heavy atom. The van der Waals surface area contributed by atoms with E-state index in [4.69, 9.17) is 21.1 Å². The molecule has 0 aliphatic heterocycles. The number of nitrogens with zero attached hydrogens (tertiary/aromatic N) is 1. The molecule has 0 bridgehead atoms. The lowest BCUT2D eigenvalue weighted by Gasteiger charge is -2.06. The summed E-state index contributed by atoms with van der Waals surface area (Å²) in [6.45, 7) is 0.859. The average molecular weight is 403 g/mol. The van der Waals surface area contributed by atoms with Gasteiger partial charge in [-0.1, -0.05) is 35.9 Å². The van der Waals surface area contributed by atoms with Gasteiger partial charge in [-0.2, -0.15) is 0 Å². The summed E-state index contributed by atoms with van der Waals surface area (Å²) < 4.78 is 10.1. The Kier molecular flexibility index (Phi) is 6.95. The minimum atomic E-state index is -0.197. The lowest BCUT2D eigenvalue weighted by atomic mass is 10.1. The zero-order valence-electron chi connectivity index (χ0n) is 14.8. The second-order valence-corrected chi connectivity index (χ2v) is 7.01. The molecule has 1 heterocycles. The summed E-state index contributed by atoms with van der Waals surface area (Å²) in [7, 11) is 1.59. The maximum absolute atomic E-state index is 11.8. The highest BCUT2D eigenvalue weighted by atomic mass is 35.5. The van der Waals surface area contributed by atoms with Crippen LogP contribution < -0.4 is 5.32 Å². The van der Waals surface area contributed by atoms with Crippen LogP contribution in [0.25, 0.3) is 21.8 Å². The third-order valence-corrected chi connectivity index (χ3v) is 4.87.